The zero-order valence-corrected chi connectivity index (χ0v) is 13.1. The summed E-state index contributed by atoms with van der Waals surface area (Å²) >= 11 is 1.66. The van der Waals surface area contributed by atoms with Gasteiger partial charge in [0, 0.05) is 22.7 Å². The maximum Gasteiger partial charge on any atom is 0.134 e. The first-order valence-corrected chi connectivity index (χ1v) is 7.66. The summed E-state index contributed by atoms with van der Waals surface area (Å²) in [6, 6.07) is 8.12. The summed E-state index contributed by atoms with van der Waals surface area (Å²) in [6.45, 7) is 4.10. The minimum absolute atomic E-state index is 0.119. The lowest BCUT2D eigenvalue weighted by molar-refractivity contribution is 0.415. The second-order valence-corrected chi connectivity index (χ2v) is 5.83. The van der Waals surface area contributed by atoms with Crippen molar-refractivity contribution >= 4 is 27.9 Å². The van der Waals surface area contributed by atoms with Crippen molar-refractivity contribution in [2.24, 2.45) is 0 Å². The van der Waals surface area contributed by atoms with Crippen LogP contribution in [-0.4, -0.2) is 17.1 Å². The van der Waals surface area contributed by atoms with Gasteiger partial charge in [0.25, 0.3) is 0 Å². The van der Waals surface area contributed by atoms with Crippen molar-refractivity contribution < 1.29 is 4.74 Å². The number of aromatic nitrogens is 2. The molecule has 1 aromatic carbocycles. The van der Waals surface area contributed by atoms with E-state index in [1.54, 1.807) is 18.4 Å². The minimum atomic E-state index is 0.119. The largest absolute Gasteiger partial charge is 0.497 e. The van der Waals surface area contributed by atoms with Gasteiger partial charge in [-0.25, -0.2) is 9.97 Å². The van der Waals surface area contributed by atoms with Gasteiger partial charge in [-0.1, -0.05) is 6.07 Å². The third-order valence-electron chi connectivity index (χ3n) is 3.33. The van der Waals surface area contributed by atoms with Gasteiger partial charge in [-0.15, -0.1) is 11.3 Å². The summed E-state index contributed by atoms with van der Waals surface area (Å²) in [5.74, 6) is 1.68. The average Bonchev–Trinajstić information content (AvgIpc) is 2.94. The molecule has 2 heterocycles. The Hall–Kier alpha value is -2.14. The Bertz CT molecular complexity index is 769. The first-order chi connectivity index (χ1) is 10.2. The molecule has 0 fully saturated rings. The molecule has 1 unspecified atom stereocenters. The topological polar surface area (TPSA) is 47.0 Å². The molecular weight excluding hydrogens is 282 g/mol. The number of nitrogens with zero attached hydrogens (tertiary/aromatic N) is 2. The van der Waals surface area contributed by atoms with Gasteiger partial charge in [-0.2, -0.15) is 0 Å². The number of fused-ring (bicyclic) bond motifs is 1. The number of rotatable bonds is 4. The van der Waals surface area contributed by atoms with Crippen LogP contribution in [0.2, 0.25) is 0 Å². The first-order valence-electron chi connectivity index (χ1n) is 6.78. The molecule has 3 rings (SSSR count). The van der Waals surface area contributed by atoms with Crippen molar-refractivity contribution in [3.63, 3.8) is 0 Å². The van der Waals surface area contributed by atoms with Crippen LogP contribution in [0.15, 0.2) is 35.8 Å². The monoisotopic (exact) mass is 299 g/mol. The molecule has 0 aliphatic rings. The lowest BCUT2D eigenvalue weighted by Crippen LogP contribution is -2.08. The van der Waals surface area contributed by atoms with Crippen molar-refractivity contribution in [3.05, 3.63) is 46.5 Å². The number of anilines is 1. The number of thiazole rings is 1. The van der Waals surface area contributed by atoms with Crippen LogP contribution in [0.3, 0.4) is 0 Å². The van der Waals surface area contributed by atoms with E-state index in [4.69, 9.17) is 4.74 Å². The number of benzene rings is 1. The number of ether oxygens (including phenoxy) is 1. The van der Waals surface area contributed by atoms with Gasteiger partial charge in [0.1, 0.15) is 16.6 Å². The molecule has 0 spiro atoms. The van der Waals surface area contributed by atoms with E-state index in [2.05, 4.69) is 27.6 Å². The molecule has 4 nitrogen and oxygen atoms in total. The van der Waals surface area contributed by atoms with Crippen molar-refractivity contribution in [2.45, 2.75) is 19.9 Å². The molecule has 108 valence electrons. The zero-order chi connectivity index (χ0) is 14.8. The van der Waals surface area contributed by atoms with E-state index < -0.39 is 0 Å². The molecule has 0 bridgehead atoms. The lowest BCUT2D eigenvalue weighted by atomic mass is 10.1. The van der Waals surface area contributed by atoms with Crippen LogP contribution in [-0.2, 0) is 0 Å². The highest BCUT2D eigenvalue weighted by Crippen LogP contribution is 2.29. The van der Waals surface area contributed by atoms with Crippen LogP contribution >= 0.6 is 11.3 Å². The van der Waals surface area contributed by atoms with Crippen molar-refractivity contribution in [1.29, 1.82) is 0 Å². The Morgan fingerprint density at radius 3 is 2.86 bits per heavy atom. The Morgan fingerprint density at radius 2 is 2.14 bits per heavy atom. The van der Waals surface area contributed by atoms with Gasteiger partial charge in [0.05, 0.1) is 13.2 Å². The van der Waals surface area contributed by atoms with Gasteiger partial charge < -0.3 is 10.1 Å². The van der Waals surface area contributed by atoms with Gasteiger partial charge >= 0.3 is 0 Å². The number of aryl methyl sites for hydroxylation is 1. The summed E-state index contributed by atoms with van der Waals surface area (Å²) in [5, 5.41) is 8.76. The second-order valence-electron chi connectivity index (χ2n) is 4.94. The predicted molar refractivity (Wildman–Crippen MR) is 87.2 cm³/mol. The SMILES string of the molecule is COc1ccc2ccnc(NC(C)c3nc(C)cs3)c2c1. The van der Waals surface area contributed by atoms with E-state index >= 15 is 0 Å². The number of methoxy groups -OCH3 is 1. The van der Waals surface area contributed by atoms with Crippen LogP contribution in [0.25, 0.3) is 10.8 Å². The third-order valence-corrected chi connectivity index (χ3v) is 4.48. The van der Waals surface area contributed by atoms with Gasteiger partial charge in [0.15, 0.2) is 0 Å². The number of hydrogen-bond acceptors (Lipinski definition) is 5. The van der Waals surface area contributed by atoms with Crippen LogP contribution in [0, 0.1) is 6.92 Å². The fraction of sp³-hybridized carbons (Fsp3) is 0.250. The predicted octanol–water partition coefficient (Wildman–Crippen LogP) is 4.18. The van der Waals surface area contributed by atoms with E-state index in [1.165, 1.54) is 0 Å². The van der Waals surface area contributed by atoms with E-state index in [0.717, 1.165) is 33.0 Å². The molecule has 21 heavy (non-hydrogen) atoms. The summed E-state index contributed by atoms with van der Waals surface area (Å²) < 4.78 is 5.30. The summed E-state index contributed by atoms with van der Waals surface area (Å²) in [4.78, 5) is 8.99. The second kappa shape index (κ2) is 5.69. The molecule has 0 aliphatic carbocycles. The molecule has 0 aliphatic heterocycles. The minimum Gasteiger partial charge on any atom is -0.497 e. The van der Waals surface area contributed by atoms with Crippen molar-refractivity contribution in [3.8, 4) is 5.75 Å². The van der Waals surface area contributed by atoms with Crippen LogP contribution < -0.4 is 10.1 Å². The Balaban J connectivity index is 1.96. The number of hydrogen-bond donors (Lipinski definition) is 1. The molecule has 2 aromatic heterocycles. The highest BCUT2D eigenvalue weighted by Gasteiger charge is 2.12. The van der Waals surface area contributed by atoms with Crippen LogP contribution in [0.1, 0.15) is 23.7 Å². The molecule has 3 aromatic rings. The molecule has 0 saturated carbocycles. The lowest BCUT2D eigenvalue weighted by Gasteiger charge is -2.14. The zero-order valence-electron chi connectivity index (χ0n) is 12.3. The van der Waals surface area contributed by atoms with E-state index in [-0.39, 0.29) is 6.04 Å². The number of pyridine rings is 1. The molecule has 0 radical (unpaired) electrons. The maximum absolute atomic E-state index is 5.30. The highest BCUT2D eigenvalue weighted by atomic mass is 32.1. The summed E-state index contributed by atoms with van der Waals surface area (Å²) in [5.41, 5.74) is 1.05. The maximum atomic E-state index is 5.30. The van der Waals surface area contributed by atoms with Gasteiger partial charge in [0.2, 0.25) is 0 Å². The fourth-order valence-corrected chi connectivity index (χ4v) is 3.03. The standard InChI is InChI=1S/C16H17N3OS/c1-10-9-21-16(18-10)11(2)19-15-14-8-13(20-3)5-4-12(14)6-7-17-15/h4-9,11H,1-3H3,(H,17,19). The van der Waals surface area contributed by atoms with E-state index in [0.29, 0.717) is 0 Å². The summed E-state index contributed by atoms with van der Waals surface area (Å²) in [6.07, 6.45) is 1.82. The fourth-order valence-electron chi connectivity index (χ4n) is 2.23. The van der Waals surface area contributed by atoms with Crippen LogP contribution in [0.5, 0.6) is 5.75 Å². The van der Waals surface area contributed by atoms with Gasteiger partial charge in [-0.3, -0.25) is 0 Å². The molecule has 5 heteroatoms. The highest BCUT2D eigenvalue weighted by molar-refractivity contribution is 7.09. The number of nitrogens with one attached hydrogen (secondary N) is 1. The Labute approximate surface area is 127 Å². The molecule has 0 amide bonds. The van der Waals surface area contributed by atoms with Crippen molar-refractivity contribution in [2.75, 3.05) is 12.4 Å². The quantitative estimate of drug-likeness (QED) is 0.785. The molecule has 0 saturated heterocycles. The average molecular weight is 299 g/mol. The molecule has 1 atom stereocenters. The molecular formula is C16H17N3OS. The van der Waals surface area contributed by atoms with E-state index in [1.807, 2.05) is 37.4 Å². The molecule has 1 N–H and O–H groups in total. The Morgan fingerprint density at radius 1 is 1.29 bits per heavy atom. The smallest absolute Gasteiger partial charge is 0.134 e. The van der Waals surface area contributed by atoms with Crippen molar-refractivity contribution in [1.82, 2.24) is 9.97 Å². The van der Waals surface area contributed by atoms with Gasteiger partial charge in [-0.05, 0) is 37.4 Å². The normalized spacial score (nSPS) is 12.3. The van der Waals surface area contributed by atoms with E-state index in [9.17, 15) is 0 Å². The first kappa shape index (κ1) is 13.8. The third kappa shape index (κ3) is 2.83. The Kier molecular flexibility index (Phi) is 3.75. The van der Waals surface area contributed by atoms with Crippen LogP contribution in [0.4, 0.5) is 5.82 Å². The summed E-state index contributed by atoms with van der Waals surface area (Å²) in [7, 11) is 1.67.